The molecule has 2 nitrogen and oxygen atoms in total. The molecule has 0 spiro atoms. The highest BCUT2D eigenvalue weighted by atomic mass is 19.2. The summed E-state index contributed by atoms with van der Waals surface area (Å²) >= 11 is 0. The smallest absolute Gasteiger partial charge is 0.222 e. The SMILES string of the molecule is CC/C=C/[C@H]1CO[C@H](C#Cc2ccc(-c3ccc(F)c(F)c3)cc2)OC1. The predicted octanol–water partition coefficient (Wildman–Crippen LogP) is 4.94. The van der Waals surface area contributed by atoms with Crippen molar-refractivity contribution >= 4 is 0 Å². The molecule has 1 fully saturated rings. The van der Waals surface area contributed by atoms with E-state index < -0.39 is 17.9 Å². The molecule has 1 saturated heterocycles. The van der Waals surface area contributed by atoms with E-state index in [9.17, 15) is 8.78 Å². The van der Waals surface area contributed by atoms with Crippen LogP contribution < -0.4 is 0 Å². The van der Waals surface area contributed by atoms with Gasteiger partial charge in [0, 0.05) is 11.5 Å². The Bertz CT molecular complexity index is 823. The molecule has 0 radical (unpaired) electrons. The zero-order valence-corrected chi connectivity index (χ0v) is 14.5. The molecule has 0 aromatic heterocycles. The Balaban J connectivity index is 1.61. The van der Waals surface area contributed by atoms with E-state index in [0.29, 0.717) is 18.8 Å². The zero-order chi connectivity index (χ0) is 18.4. The van der Waals surface area contributed by atoms with Crippen LogP contribution in [0.3, 0.4) is 0 Å². The lowest BCUT2D eigenvalue weighted by Crippen LogP contribution is -2.30. The molecular formula is C22H20F2O2. The summed E-state index contributed by atoms with van der Waals surface area (Å²) in [6.45, 7) is 3.29. The lowest BCUT2D eigenvalue weighted by atomic mass is 10.0. The van der Waals surface area contributed by atoms with E-state index in [1.807, 2.05) is 24.3 Å². The van der Waals surface area contributed by atoms with Crippen molar-refractivity contribution in [3.05, 3.63) is 71.8 Å². The van der Waals surface area contributed by atoms with Crippen LogP contribution in [0, 0.1) is 29.4 Å². The lowest BCUT2D eigenvalue weighted by molar-refractivity contribution is -0.160. The summed E-state index contributed by atoms with van der Waals surface area (Å²) in [5, 5.41) is 0. The van der Waals surface area contributed by atoms with Gasteiger partial charge in [-0.3, -0.25) is 0 Å². The highest BCUT2D eigenvalue weighted by Crippen LogP contribution is 2.22. The maximum Gasteiger partial charge on any atom is 0.222 e. The van der Waals surface area contributed by atoms with Crippen molar-refractivity contribution in [3.63, 3.8) is 0 Å². The van der Waals surface area contributed by atoms with Gasteiger partial charge in [0.15, 0.2) is 11.6 Å². The molecule has 0 aliphatic carbocycles. The maximum absolute atomic E-state index is 13.3. The molecule has 2 aromatic carbocycles. The fraction of sp³-hybridized carbons (Fsp3) is 0.273. The van der Waals surface area contributed by atoms with Crippen molar-refractivity contribution in [2.45, 2.75) is 19.6 Å². The fourth-order valence-corrected chi connectivity index (χ4v) is 2.61. The van der Waals surface area contributed by atoms with Crippen LogP contribution in [0.15, 0.2) is 54.6 Å². The molecule has 0 N–H and O–H groups in total. The summed E-state index contributed by atoms with van der Waals surface area (Å²) in [5.41, 5.74) is 2.22. The third-order valence-electron chi connectivity index (χ3n) is 4.04. The molecule has 4 heteroatoms. The van der Waals surface area contributed by atoms with Crippen molar-refractivity contribution in [1.29, 1.82) is 0 Å². The van der Waals surface area contributed by atoms with Gasteiger partial charge in [-0.2, -0.15) is 0 Å². The molecule has 0 saturated carbocycles. The van der Waals surface area contributed by atoms with Crippen LogP contribution in [0.5, 0.6) is 0 Å². The zero-order valence-electron chi connectivity index (χ0n) is 14.5. The van der Waals surface area contributed by atoms with Crippen LogP contribution in [0.2, 0.25) is 0 Å². The molecular weight excluding hydrogens is 334 g/mol. The number of rotatable bonds is 3. The number of ether oxygens (including phenoxy) is 2. The van der Waals surface area contributed by atoms with Gasteiger partial charge in [0.2, 0.25) is 6.29 Å². The van der Waals surface area contributed by atoms with Crippen molar-refractivity contribution in [2.24, 2.45) is 5.92 Å². The second kappa shape index (κ2) is 8.75. The van der Waals surface area contributed by atoms with E-state index in [-0.39, 0.29) is 5.92 Å². The molecule has 134 valence electrons. The van der Waals surface area contributed by atoms with Crippen molar-refractivity contribution in [2.75, 3.05) is 13.2 Å². The Morgan fingerprint density at radius 2 is 1.69 bits per heavy atom. The molecule has 2 aromatic rings. The first-order valence-electron chi connectivity index (χ1n) is 8.62. The number of hydrogen-bond donors (Lipinski definition) is 0. The van der Waals surface area contributed by atoms with Crippen LogP contribution in [-0.4, -0.2) is 19.5 Å². The lowest BCUT2D eigenvalue weighted by Gasteiger charge is -2.24. The molecule has 1 aliphatic rings. The average Bonchev–Trinajstić information content (AvgIpc) is 2.68. The first kappa shape index (κ1) is 18.3. The van der Waals surface area contributed by atoms with Gasteiger partial charge in [0.1, 0.15) is 0 Å². The van der Waals surface area contributed by atoms with Gasteiger partial charge in [0.05, 0.1) is 13.2 Å². The fourth-order valence-electron chi connectivity index (χ4n) is 2.61. The molecule has 1 heterocycles. The minimum absolute atomic E-state index is 0.281. The van der Waals surface area contributed by atoms with E-state index in [1.54, 1.807) is 6.07 Å². The number of benzene rings is 2. The first-order chi connectivity index (χ1) is 12.7. The van der Waals surface area contributed by atoms with Crippen LogP contribution in [0.1, 0.15) is 18.9 Å². The monoisotopic (exact) mass is 354 g/mol. The molecule has 0 amide bonds. The second-order valence-corrected chi connectivity index (χ2v) is 6.07. The van der Waals surface area contributed by atoms with Gasteiger partial charge in [-0.15, -0.1) is 0 Å². The third kappa shape index (κ3) is 4.78. The minimum Gasteiger partial charge on any atom is -0.341 e. The largest absolute Gasteiger partial charge is 0.341 e. The topological polar surface area (TPSA) is 18.5 Å². The summed E-state index contributed by atoms with van der Waals surface area (Å²) in [6, 6.07) is 11.2. The molecule has 1 aliphatic heterocycles. The van der Waals surface area contributed by atoms with E-state index in [4.69, 9.17) is 9.47 Å². The van der Waals surface area contributed by atoms with Crippen molar-refractivity contribution in [3.8, 4) is 23.0 Å². The Morgan fingerprint density at radius 1 is 1.00 bits per heavy atom. The quantitative estimate of drug-likeness (QED) is 0.574. The van der Waals surface area contributed by atoms with Gasteiger partial charge in [-0.05, 0) is 47.7 Å². The van der Waals surface area contributed by atoms with E-state index in [2.05, 4.69) is 30.9 Å². The van der Waals surface area contributed by atoms with E-state index >= 15 is 0 Å². The van der Waals surface area contributed by atoms with Gasteiger partial charge in [-0.25, -0.2) is 8.78 Å². The molecule has 26 heavy (non-hydrogen) atoms. The van der Waals surface area contributed by atoms with E-state index in [1.165, 1.54) is 6.07 Å². The van der Waals surface area contributed by atoms with Crippen LogP contribution >= 0.6 is 0 Å². The van der Waals surface area contributed by atoms with Gasteiger partial charge in [-0.1, -0.05) is 43.2 Å². The standard InChI is InChI=1S/C22H20F2O2/c1-2-3-4-17-14-25-22(26-15-17)12-7-16-5-8-18(9-6-16)19-10-11-20(23)21(24)13-19/h3-6,8-11,13,17,22H,2,14-15H2,1H3/b4-3+/t17-,22-. The summed E-state index contributed by atoms with van der Waals surface area (Å²) < 4.78 is 37.6. The molecule has 0 bridgehead atoms. The average molecular weight is 354 g/mol. The third-order valence-corrected chi connectivity index (χ3v) is 4.04. The maximum atomic E-state index is 13.3. The van der Waals surface area contributed by atoms with Gasteiger partial charge < -0.3 is 9.47 Å². The van der Waals surface area contributed by atoms with Crippen LogP contribution in [0.4, 0.5) is 8.78 Å². The number of hydrogen-bond acceptors (Lipinski definition) is 2. The second-order valence-electron chi connectivity index (χ2n) is 6.07. The van der Waals surface area contributed by atoms with Gasteiger partial charge >= 0.3 is 0 Å². The highest BCUT2D eigenvalue weighted by molar-refractivity contribution is 5.64. The summed E-state index contributed by atoms with van der Waals surface area (Å²) in [5.74, 6) is 4.56. The van der Waals surface area contributed by atoms with Crippen LogP contribution in [-0.2, 0) is 9.47 Å². The summed E-state index contributed by atoms with van der Waals surface area (Å²) in [7, 11) is 0. The molecule has 3 rings (SSSR count). The van der Waals surface area contributed by atoms with Crippen molar-refractivity contribution in [1.82, 2.24) is 0 Å². The Labute approximate surface area is 152 Å². The Kier molecular flexibility index (Phi) is 6.17. The van der Waals surface area contributed by atoms with E-state index in [0.717, 1.165) is 23.6 Å². The highest BCUT2D eigenvalue weighted by Gasteiger charge is 2.18. The molecule has 0 atom stereocenters. The normalized spacial score (nSPS) is 20.0. The van der Waals surface area contributed by atoms with Gasteiger partial charge in [0.25, 0.3) is 0 Å². The Morgan fingerprint density at radius 3 is 2.35 bits per heavy atom. The summed E-state index contributed by atoms with van der Waals surface area (Å²) in [6.07, 6.45) is 4.70. The Hall–Kier alpha value is -2.48. The predicted molar refractivity (Wildman–Crippen MR) is 97.3 cm³/mol. The number of halogens is 2. The van der Waals surface area contributed by atoms with Crippen molar-refractivity contribution < 1.29 is 18.3 Å². The first-order valence-corrected chi connectivity index (χ1v) is 8.62. The summed E-state index contributed by atoms with van der Waals surface area (Å²) in [4.78, 5) is 0. The molecule has 0 unspecified atom stereocenters. The number of allylic oxidation sites excluding steroid dienone is 1. The van der Waals surface area contributed by atoms with Crippen LogP contribution in [0.25, 0.3) is 11.1 Å². The minimum atomic E-state index is -0.856.